The van der Waals surface area contributed by atoms with E-state index in [1.807, 2.05) is 6.92 Å². The Bertz CT molecular complexity index is 167. The van der Waals surface area contributed by atoms with E-state index >= 15 is 0 Å². The fraction of sp³-hybridized carbons (Fsp3) is 0.875. The van der Waals surface area contributed by atoms with E-state index in [1.165, 1.54) is 0 Å². The van der Waals surface area contributed by atoms with Crippen molar-refractivity contribution in [1.82, 2.24) is 0 Å². The van der Waals surface area contributed by atoms with Crippen molar-refractivity contribution in [3.05, 3.63) is 0 Å². The molecular weight excluding hydrogens is 144 g/mol. The third-order valence-electron chi connectivity index (χ3n) is 2.47. The van der Waals surface area contributed by atoms with E-state index in [-0.39, 0.29) is 23.9 Å². The Morgan fingerprint density at radius 3 is 2.45 bits per heavy atom. The molecule has 0 saturated carbocycles. The molecule has 0 spiro atoms. The maximum absolute atomic E-state index is 11.0. The predicted molar refractivity (Wildman–Crippen MR) is 39.9 cm³/mol. The molecule has 64 valence electrons. The summed E-state index contributed by atoms with van der Waals surface area (Å²) in [6.45, 7) is 5.38. The minimum Gasteiger partial charge on any atom is -0.462 e. The normalized spacial score (nSPS) is 45.3. The second-order valence-electron chi connectivity index (χ2n) is 3.28. The van der Waals surface area contributed by atoms with E-state index in [4.69, 9.17) is 4.74 Å². The van der Waals surface area contributed by atoms with Crippen LogP contribution in [-0.2, 0) is 9.53 Å². The molecule has 1 heterocycles. The van der Waals surface area contributed by atoms with Crippen LogP contribution in [0.4, 0.5) is 0 Å². The van der Waals surface area contributed by atoms with Crippen LogP contribution in [-0.4, -0.2) is 23.3 Å². The molecule has 0 aromatic heterocycles. The Morgan fingerprint density at radius 2 is 1.91 bits per heavy atom. The summed E-state index contributed by atoms with van der Waals surface area (Å²) in [5.74, 6) is -0.619. The Morgan fingerprint density at radius 1 is 1.36 bits per heavy atom. The van der Waals surface area contributed by atoms with Crippen molar-refractivity contribution in [3.63, 3.8) is 0 Å². The van der Waals surface area contributed by atoms with Gasteiger partial charge in [0.2, 0.25) is 0 Å². The lowest BCUT2D eigenvalue weighted by atomic mass is 9.87. The Balaban J connectivity index is 2.70. The summed E-state index contributed by atoms with van der Waals surface area (Å²) in [6, 6.07) is 0. The van der Waals surface area contributed by atoms with E-state index in [9.17, 15) is 9.90 Å². The van der Waals surface area contributed by atoms with Gasteiger partial charge in [0.1, 0.15) is 6.10 Å². The molecule has 0 unspecified atom stereocenters. The highest BCUT2D eigenvalue weighted by atomic mass is 16.5. The van der Waals surface area contributed by atoms with Gasteiger partial charge in [-0.25, -0.2) is 0 Å². The van der Waals surface area contributed by atoms with E-state index < -0.39 is 6.10 Å². The van der Waals surface area contributed by atoms with Gasteiger partial charge in [-0.05, 0) is 13.8 Å². The molecule has 0 amide bonds. The maximum atomic E-state index is 11.0. The van der Waals surface area contributed by atoms with Gasteiger partial charge >= 0.3 is 5.97 Å². The molecule has 11 heavy (non-hydrogen) atoms. The zero-order chi connectivity index (χ0) is 8.59. The largest absolute Gasteiger partial charge is 0.462 e. The maximum Gasteiger partial charge on any atom is 0.311 e. The van der Waals surface area contributed by atoms with Crippen molar-refractivity contribution in [3.8, 4) is 0 Å². The number of aliphatic hydroxyl groups excluding tert-OH is 1. The number of hydrogen-bond donors (Lipinski definition) is 1. The van der Waals surface area contributed by atoms with Crippen molar-refractivity contribution in [2.45, 2.75) is 33.0 Å². The van der Waals surface area contributed by atoms with Gasteiger partial charge in [-0.1, -0.05) is 6.92 Å². The van der Waals surface area contributed by atoms with Gasteiger partial charge in [-0.15, -0.1) is 0 Å². The van der Waals surface area contributed by atoms with Crippen LogP contribution in [0.2, 0.25) is 0 Å². The number of cyclic esters (lactones) is 1. The first kappa shape index (κ1) is 8.53. The van der Waals surface area contributed by atoms with Gasteiger partial charge in [0.15, 0.2) is 0 Å². The Labute approximate surface area is 66.4 Å². The molecule has 3 heteroatoms. The predicted octanol–water partition coefficient (Wildman–Crippen LogP) is 0.565. The van der Waals surface area contributed by atoms with Crippen molar-refractivity contribution in [2.75, 3.05) is 0 Å². The highest BCUT2D eigenvalue weighted by Crippen LogP contribution is 2.25. The summed E-state index contributed by atoms with van der Waals surface area (Å²) in [5.41, 5.74) is 0. The molecule has 4 atom stereocenters. The third kappa shape index (κ3) is 1.38. The minimum absolute atomic E-state index is 0.0442. The van der Waals surface area contributed by atoms with E-state index in [2.05, 4.69) is 0 Å². The molecular formula is C8H14O3. The standard InChI is InChI=1S/C8H14O3/c1-4-6(3)11-8(10)5(2)7(4)9/h4-7,9H,1-3H3/t4-,5-,6-,7+/m1/s1. The summed E-state index contributed by atoms with van der Waals surface area (Å²) >= 11 is 0. The van der Waals surface area contributed by atoms with Gasteiger partial charge in [0, 0.05) is 5.92 Å². The van der Waals surface area contributed by atoms with Crippen molar-refractivity contribution < 1.29 is 14.6 Å². The molecule has 1 rings (SSSR count). The summed E-state index contributed by atoms with van der Waals surface area (Å²) in [6.07, 6.45) is -0.708. The molecule has 1 fully saturated rings. The van der Waals surface area contributed by atoms with Crippen LogP contribution >= 0.6 is 0 Å². The van der Waals surface area contributed by atoms with Crippen LogP contribution in [0.5, 0.6) is 0 Å². The van der Waals surface area contributed by atoms with Gasteiger partial charge in [0.25, 0.3) is 0 Å². The van der Waals surface area contributed by atoms with Crippen molar-refractivity contribution >= 4 is 5.97 Å². The van der Waals surface area contributed by atoms with E-state index in [0.29, 0.717) is 0 Å². The molecule has 0 aromatic rings. The number of rotatable bonds is 0. The average Bonchev–Trinajstić information content (AvgIpc) is 1.97. The van der Waals surface area contributed by atoms with Gasteiger partial charge < -0.3 is 9.84 Å². The van der Waals surface area contributed by atoms with Crippen LogP contribution in [0.3, 0.4) is 0 Å². The second kappa shape index (κ2) is 2.81. The van der Waals surface area contributed by atoms with Gasteiger partial charge in [-0.3, -0.25) is 4.79 Å². The monoisotopic (exact) mass is 158 g/mol. The summed E-state index contributed by atoms with van der Waals surface area (Å²) in [4.78, 5) is 11.0. The number of carbonyl (C=O) groups is 1. The molecule has 0 bridgehead atoms. The average molecular weight is 158 g/mol. The van der Waals surface area contributed by atoms with Crippen LogP contribution in [0, 0.1) is 11.8 Å². The number of hydrogen-bond acceptors (Lipinski definition) is 3. The van der Waals surface area contributed by atoms with Crippen molar-refractivity contribution in [2.24, 2.45) is 11.8 Å². The topological polar surface area (TPSA) is 46.5 Å². The molecule has 3 nitrogen and oxygen atoms in total. The lowest BCUT2D eigenvalue weighted by molar-refractivity contribution is -0.175. The quantitative estimate of drug-likeness (QED) is 0.524. The van der Waals surface area contributed by atoms with Gasteiger partial charge in [-0.2, -0.15) is 0 Å². The second-order valence-corrected chi connectivity index (χ2v) is 3.28. The number of aliphatic hydroxyl groups is 1. The van der Waals surface area contributed by atoms with Crippen LogP contribution in [0.25, 0.3) is 0 Å². The smallest absolute Gasteiger partial charge is 0.311 e. The molecule has 1 saturated heterocycles. The van der Waals surface area contributed by atoms with E-state index in [1.54, 1.807) is 13.8 Å². The number of ether oxygens (including phenoxy) is 1. The van der Waals surface area contributed by atoms with Crippen molar-refractivity contribution in [1.29, 1.82) is 0 Å². The van der Waals surface area contributed by atoms with Crippen LogP contribution < -0.4 is 0 Å². The Hall–Kier alpha value is -0.570. The fourth-order valence-corrected chi connectivity index (χ4v) is 1.27. The highest BCUT2D eigenvalue weighted by Gasteiger charge is 2.37. The zero-order valence-corrected chi connectivity index (χ0v) is 7.07. The first-order chi connectivity index (χ1) is 5.04. The van der Waals surface area contributed by atoms with Gasteiger partial charge in [0.05, 0.1) is 12.0 Å². The SMILES string of the molecule is C[C@H]1[C@H](O)[C@@H](C)C(=O)O[C@@H]1C. The molecule has 1 aliphatic rings. The lowest BCUT2D eigenvalue weighted by Gasteiger charge is -2.34. The fourth-order valence-electron chi connectivity index (χ4n) is 1.27. The number of esters is 1. The van der Waals surface area contributed by atoms with E-state index in [0.717, 1.165) is 0 Å². The third-order valence-corrected chi connectivity index (χ3v) is 2.47. The Kier molecular flexibility index (Phi) is 2.18. The summed E-state index contributed by atoms with van der Waals surface area (Å²) < 4.78 is 4.98. The first-order valence-corrected chi connectivity index (χ1v) is 3.92. The first-order valence-electron chi connectivity index (χ1n) is 3.92. The van der Waals surface area contributed by atoms with Crippen LogP contribution in [0.15, 0.2) is 0 Å². The molecule has 0 aliphatic carbocycles. The molecule has 1 N–H and O–H groups in total. The summed E-state index contributed by atoms with van der Waals surface area (Å²) in [7, 11) is 0. The molecule has 0 radical (unpaired) electrons. The minimum atomic E-state index is -0.550. The highest BCUT2D eigenvalue weighted by molar-refractivity contribution is 5.73. The molecule has 1 aliphatic heterocycles. The number of carbonyl (C=O) groups excluding carboxylic acids is 1. The zero-order valence-electron chi connectivity index (χ0n) is 7.07. The summed E-state index contributed by atoms with van der Waals surface area (Å²) in [5, 5.41) is 9.49. The molecule has 0 aromatic carbocycles. The van der Waals surface area contributed by atoms with Crippen LogP contribution in [0.1, 0.15) is 20.8 Å². The lowest BCUT2D eigenvalue weighted by Crippen LogP contribution is -2.45.